The van der Waals surface area contributed by atoms with Crippen LogP contribution in [0.25, 0.3) is 5.69 Å². The number of aryl methyl sites for hydroxylation is 1. The first-order chi connectivity index (χ1) is 12.6. The van der Waals surface area contributed by atoms with Gasteiger partial charge in [0.15, 0.2) is 0 Å². The van der Waals surface area contributed by atoms with Crippen LogP contribution in [0.15, 0.2) is 54.6 Å². The first-order valence-corrected chi connectivity index (χ1v) is 8.70. The maximum absolute atomic E-state index is 12.5. The standard InChI is InChI=1S/C20H17ClN2O3/c1-13-16(19(21)23(22-13)14-7-3-2-4-8-14)11-26-20(24)17-12-25-18-10-6-5-9-15(17)18/h2-10,17H,11-12H2,1H3. The fourth-order valence-electron chi connectivity index (χ4n) is 3.04. The third-order valence-corrected chi connectivity index (χ3v) is 4.85. The van der Waals surface area contributed by atoms with E-state index in [-0.39, 0.29) is 12.6 Å². The number of rotatable bonds is 4. The third kappa shape index (κ3) is 2.95. The summed E-state index contributed by atoms with van der Waals surface area (Å²) in [6, 6.07) is 17.1. The van der Waals surface area contributed by atoms with Crippen LogP contribution in [0, 0.1) is 6.92 Å². The molecule has 1 unspecified atom stereocenters. The summed E-state index contributed by atoms with van der Waals surface area (Å²) < 4.78 is 12.7. The molecule has 2 aromatic carbocycles. The van der Waals surface area contributed by atoms with E-state index in [1.165, 1.54) is 0 Å². The van der Waals surface area contributed by atoms with Crippen molar-refractivity contribution in [2.24, 2.45) is 0 Å². The molecule has 3 aromatic rings. The summed E-state index contributed by atoms with van der Waals surface area (Å²) in [5.74, 6) is 0.00730. The number of halogens is 1. The third-order valence-electron chi connectivity index (χ3n) is 4.47. The number of esters is 1. The predicted molar refractivity (Wildman–Crippen MR) is 97.8 cm³/mol. The highest BCUT2D eigenvalue weighted by Gasteiger charge is 2.31. The molecule has 132 valence electrons. The van der Waals surface area contributed by atoms with E-state index in [1.807, 2.05) is 61.5 Å². The molecule has 1 aliphatic heterocycles. The number of nitrogens with zero attached hydrogens (tertiary/aromatic N) is 2. The molecular weight excluding hydrogens is 352 g/mol. The van der Waals surface area contributed by atoms with Gasteiger partial charge in [-0.2, -0.15) is 5.10 Å². The van der Waals surface area contributed by atoms with E-state index >= 15 is 0 Å². The van der Waals surface area contributed by atoms with Gasteiger partial charge in [-0.25, -0.2) is 4.68 Å². The molecule has 1 aromatic heterocycles. The zero-order chi connectivity index (χ0) is 18.1. The van der Waals surface area contributed by atoms with Gasteiger partial charge >= 0.3 is 5.97 Å². The first-order valence-electron chi connectivity index (χ1n) is 8.33. The van der Waals surface area contributed by atoms with Gasteiger partial charge in [-0.05, 0) is 25.1 Å². The second-order valence-electron chi connectivity index (χ2n) is 6.11. The molecule has 0 spiro atoms. The summed E-state index contributed by atoms with van der Waals surface area (Å²) in [7, 11) is 0. The summed E-state index contributed by atoms with van der Waals surface area (Å²) in [5, 5.41) is 4.91. The molecule has 1 aliphatic rings. The zero-order valence-corrected chi connectivity index (χ0v) is 14.9. The Morgan fingerprint density at radius 3 is 2.77 bits per heavy atom. The lowest BCUT2D eigenvalue weighted by atomic mass is 10.0. The Balaban J connectivity index is 1.51. The number of para-hydroxylation sites is 2. The average Bonchev–Trinajstić information content (AvgIpc) is 3.22. The maximum atomic E-state index is 12.5. The quantitative estimate of drug-likeness (QED) is 0.652. The fraction of sp³-hybridized carbons (Fsp3) is 0.200. The van der Waals surface area contributed by atoms with Gasteiger partial charge in [-0.3, -0.25) is 4.79 Å². The minimum atomic E-state index is -0.408. The lowest BCUT2D eigenvalue weighted by Gasteiger charge is -2.09. The monoisotopic (exact) mass is 368 g/mol. The molecule has 5 nitrogen and oxygen atoms in total. The molecule has 0 amide bonds. The van der Waals surface area contributed by atoms with Crippen molar-refractivity contribution < 1.29 is 14.3 Å². The summed E-state index contributed by atoms with van der Waals surface area (Å²) in [5.41, 5.74) is 3.15. The van der Waals surface area contributed by atoms with Crippen molar-refractivity contribution in [2.75, 3.05) is 6.61 Å². The summed E-state index contributed by atoms with van der Waals surface area (Å²) in [6.07, 6.45) is 0. The highest BCUT2D eigenvalue weighted by molar-refractivity contribution is 6.30. The maximum Gasteiger partial charge on any atom is 0.317 e. The Morgan fingerprint density at radius 1 is 1.23 bits per heavy atom. The molecule has 2 heterocycles. The van der Waals surface area contributed by atoms with Gasteiger partial charge < -0.3 is 9.47 Å². The molecule has 4 rings (SSSR count). The number of fused-ring (bicyclic) bond motifs is 1. The van der Waals surface area contributed by atoms with Crippen LogP contribution in [-0.2, 0) is 16.1 Å². The number of ether oxygens (including phenoxy) is 2. The van der Waals surface area contributed by atoms with Gasteiger partial charge in [0, 0.05) is 11.1 Å². The van der Waals surface area contributed by atoms with Crippen molar-refractivity contribution >= 4 is 17.6 Å². The van der Waals surface area contributed by atoms with Crippen molar-refractivity contribution in [3.63, 3.8) is 0 Å². The van der Waals surface area contributed by atoms with Gasteiger partial charge in [-0.15, -0.1) is 0 Å². The largest absolute Gasteiger partial charge is 0.492 e. The van der Waals surface area contributed by atoms with Crippen LogP contribution in [0.5, 0.6) is 5.75 Å². The summed E-state index contributed by atoms with van der Waals surface area (Å²) in [6.45, 7) is 2.23. The van der Waals surface area contributed by atoms with Crippen LogP contribution >= 0.6 is 11.6 Å². The minimum Gasteiger partial charge on any atom is -0.492 e. The highest BCUT2D eigenvalue weighted by Crippen LogP contribution is 2.34. The van der Waals surface area contributed by atoms with Crippen molar-refractivity contribution in [3.8, 4) is 11.4 Å². The molecule has 0 N–H and O–H groups in total. The van der Waals surface area contributed by atoms with Crippen molar-refractivity contribution in [3.05, 3.63) is 76.6 Å². The topological polar surface area (TPSA) is 53.4 Å². The van der Waals surface area contributed by atoms with Crippen LogP contribution < -0.4 is 4.74 Å². The number of carbonyl (C=O) groups is 1. The molecule has 0 bridgehead atoms. The van der Waals surface area contributed by atoms with E-state index < -0.39 is 5.92 Å². The van der Waals surface area contributed by atoms with Crippen molar-refractivity contribution in [1.82, 2.24) is 9.78 Å². The molecule has 0 saturated heterocycles. The van der Waals surface area contributed by atoms with E-state index in [0.717, 1.165) is 22.7 Å². The Hall–Kier alpha value is -2.79. The second kappa shape index (κ2) is 6.84. The number of carbonyl (C=O) groups excluding carboxylic acids is 1. The molecule has 6 heteroatoms. The second-order valence-corrected chi connectivity index (χ2v) is 6.47. The molecule has 0 saturated carbocycles. The van der Waals surface area contributed by atoms with Gasteiger partial charge in [0.05, 0.1) is 11.4 Å². The summed E-state index contributed by atoms with van der Waals surface area (Å²) in [4.78, 5) is 12.5. The van der Waals surface area contributed by atoms with Gasteiger partial charge in [0.25, 0.3) is 0 Å². The molecule has 26 heavy (non-hydrogen) atoms. The molecule has 0 fully saturated rings. The molecule has 0 aliphatic carbocycles. The van der Waals surface area contributed by atoms with E-state index in [1.54, 1.807) is 4.68 Å². The van der Waals surface area contributed by atoms with Gasteiger partial charge in [0.2, 0.25) is 0 Å². The van der Waals surface area contributed by atoms with Crippen LogP contribution in [0.2, 0.25) is 5.15 Å². The smallest absolute Gasteiger partial charge is 0.317 e. The Morgan fingerprint density at radius 2 is 1.96 bits per heavy atom. The van der Waals surface area contributed by atoms with Crippen LogP contribution in [0.1, 0.15) is 22.7 Å². The van der Waals surface area contributed by atoms with Gasteiger partial charge in [0.1, 0.15) is 30.0 Å². The lowest BCUT2D eigenvalue weighted by molar-refractivity contribution is -0.147. The molecule has 0 radical (unpaired) electrons. The van der Waals surface area contributed by atoms with E-state index in [4.69, 9.17) is 21.1 Å². The number of hydrogen-bond donors (Lipinski definition) is 0. The lowest BCUT2D eigenvalue weighted by Crippen LogP contribution is -2.17. The number of hydrogen-bond acceptors (Lipinski definition) is 4. The van der Waals surface area contributed by atoms with Crippen LogP contribution in [0.4, 0.5) is 0 Å². The highest BCUT2D eigenvalue weighted by atomic mass is 35.5. The Kier molecular flexibility index (Phi) is 4.39. The SMILES string of the molecule is Cc1nn(-c2ccccc2)c(Cl)c1COC(=O)C1COc2ccccc21. The van der Waals surface area contributed by atoms with Gasteiger partial charge in [-0.1, -0.05) is 48.0 Å². The van der Waals surface area contributed by atoms with E-state index in [2.05, 4.69) is 5.10 Å². The van der Waals surface area contributed by atoms with Crippen molar-refractivity contribution in [2.45, 2.75) is 19.4 Å². The number of aromatic nitrogens is 2. The van der Waals surface area contributed by atoms with Crippen molar-refractivity contribution in [1.29, 1.82) is 0 Å². The average molecular weight is 369 g/mol. The predicted octanol–water partition coefficient (Wildman–Crippen LogP) is 4.05. The van der Waals surface area contributed by atoms with Crippen LogP contribution in [0.3, 0.4) is 0 Å². The molecular formula is C20H17ClN2O3. The minimum absolute atomic E-state index is 0.0784. The van der Waals surface area contributed by atoms with Crippen LogP contribution in [-0.4, -0.2) is 22.4 Å². The normalized spacial score (nSPS) is 15.4. The van der Waals surface area contributed by atoms with E-state index in [9.17, 15) is 4.79 Å². The summed E-state index contributed by atoms with van der Waals surface area (Å²) >= 11 is 6.47. The Bertz CT molecular complexity index is 953. The first kappa shape index (κ1) is 16.7. The number of benzene rings is 2. The fourth-order valence-corrected chi connectivity index (χ4v) is 3.36. The Labute approximate surface area is 156 Å². The molecule has 1 atom stereocenters. The zero-order valence-electron chi connectivity index (χ0n) is 14.2. The van der Waals surface area contributed by atoms with E-state index in [0.29, 0.717) is 17.3 Å².